The highest BCUT2D eigenvalue weighted by atomic mass is 32.2. The normalized spacial score (nSPS) is 12.3. The molecule has 0 aromatic heterocycles. The molecule has 0 bridgehead atoms. The van der Waals surface area contributed by atoms with Gasteiger partial charge in [-0.2, -0.15) is 0 Å². The first-order valence-electron chi connectivity index (χ1n) is 6.89. The minimum absolute atomic E-state index is 0.0262. The Morgan fingerprint density at radius 2 is 1.65 bits per heavy atom. The topological polar surface area (TPSA) is 121 Å². The first-order valence-corrected chi connectivity index (χ1v) is 10.0. The smallest absolute Gasteiger partial charge is 0.251 e. The Morgan fingerprint density at radius 3 is 2.13 bits per heavy atom. The molecule has 1 rings (SSSR count). The Kier molecular flexibility index (Phi) is 6.69. The van der Waals surface area contributed by atoms with Crippen LogP contribution in [-0.2, 0) is 20.0 Å². The van der Waals surface area contributed by atoms with Crippen molar-refractivity contribution >= 4 is 26.0 Å². The number of benzene rings is 1. The van der Waals surface area contributed by atoms with Gasteiger partial charge in [0.1, 0.15) is 0 Å². The predicted octanol–water partition coefficient (Wildman–Crippen LogP) is -0.348. The van der Waals surface area contributed by atoms with E-state index in [1.54, 1.807) is 0 Å². The maximum absolute atomic E-state index is 12.0. The Labute approximate surface area is 136 Å². The molecule has 0 heterocycles. The van der Waals surface area contributed by atoms with Gasteiger partial charge < -0.3 is 5.32 Å². The first kappa shape index (κ1) is 19.6. The summed E-state index contributed by atoms with van der Waals surface area (Å²) in [5, 5.41) is 2.70. The molecule has 0 aliphatic heterocycles. The molecule has 0 aliphatic carbocycles. The number of sulfonamides is 2. The molecule has 3 N–H and O–H groups in total. The SMILES string of the molecule is CNS(=O)(=O)CCNS(=O)(=O)c1ccc(C(=O)NC(C)C)cc1. The number of amides is 1. The molecule has 23 heavy (non-hydrogen) atoms. The van der Waals surface area contributed by atoms with Crippen molar-refractivity contribution in [1.82, 2.24) is 14.8 Å². The van der Waals surface area contributed by atoms with Crippen LogP contribution in [0.25, 0.3) is 0 Å². The van der Waals surface area contributed by atoms with E-state index in [1.165, 1.54) is 31.3 Å². The average Bonchev–Trinajstić information content (AvgIpc) is 2.46. The van der Waals surface area contributed by atoms with Crippen molar-refractivity contribution in [1.29, 1.82) is 0 Å². The number of rotatable bonds is 8. The molecule has 1 amide bonds. The molecule has 0 radical (unpaired) electrons. The highest BCUT2D eigenvalue weighted by Crippen LogP contribution is 2.10. The molecule has 0 spiro atoms. The van der Waals surface area contributed by atoms with Crippen LogP contribution in [0.4, 0.5) is 0 Å². The summed E-state index contributed by atoms with van der Waals surface area (Å²) in [5.41, 5.74) is 0.343. The van der Waals surface area contributed by atoms with Crippen molar-refractivity contribution in [3.8, 4) is 0 Å². The molecular weight excluding hydrogens is 342 g/mol. The molecule has 130 valence electrons. The zero-order valence-corrected chi connectivity index (χ0v) is 14.8. The molecule has 1 aromatic carbocycles. The van der Waals surface area contributed by atoms with Crippen LogP contribution in [0, 0.1) is 0 Å². The predicted molar refractivity (Wildman–Crippen MR) is 87.1 cm³/mol. The second-order valence-electron chi connectivity index (χ2n) is 5.07. The van der Waals surface area contributed by atoms with Crippen LogP contribution in [0.2, 0.25) is 0 Å². The van der Waals surface area contributed by atoms with Crippen molar-refractivity contribution in [2.45, 2.75) is 24.8 Å². The van der Waals surface area contributed by atoms with E-state index in [1.807, 2.05) is 13.8 Å². The summed E-state index contributed by atoms with van der Waals surface area (Å²) in [7, 11) is -6.06. The van der Waals surface area contributed by atoms with E-state index in [0.717, 1.165) is 0 Å². The molecule has 0 atom stereocenters. The lowest BCUT2D eigenvalue weighted by Crippen LogP contribution is -2.33. The number of carbonyl (C=O) groups is 1. The zero-order chi connectivity index (χ0) is 17.7. The van der Waals surface area contributed by atoms with Crippen LogP contribution in [0.3, 0.4) is 0 Å². The van der Waals surface area contributed by atoms with Gasteiger partial charge in [0.25, 0.3) is 5.91 Å². The second-order valence-corrected chi connectivity index (χ2v) is 8.89. The van der Waals surface area contributed by atoms with Crippen LogP contribution in [0.15, 0.2) is 29.2 Å². The van der Waals surface area contributed by atoms with Crippen LogP contribution in [0.1, 0.15) is 24.2 Å². The fourth-order valence-electron chi connectivity index (χ4n) is 1.63. The lowest BCUT2D eigenvalue weighted by Gasteiger charge is -2.10. The lowest BCUT2D eigenvalue weighted by molar-refractivity contribution is 0.0943. The van der Waals surface area contributed by atoms with Gasteiger partial charge in [0.05, 0.1) is 10.6 Å². The van der Waals surface area contributed by atoms with Gasteiger partial charge in [0.2, 0.25) is 20.0 Å². The largest absolute Gasteiger partial charge is 0.350 e. The van der Waals surface area contributed by atoms with Crippen molar-refractivity contribution < 1.29 is 21.6 Å². The van der Waals surface area contributed by atoms with Crippen molar-refractivity contribution in [2.24, 2.45) is 0 Å². The minimum Gasteiger partial charge on any atom is -0.350 e. The molecule has 0 unspecified atom stereocenters. The molecule has 1 aromatic rings. The summed E-state index contributed by atoms with van der Waals surface area (Å²) >= 11 is 0. The Bertz CT molecular complexity index is 740. The highest BCUT2D eigenvalue weighted by molar-refractivity contribution is 7.90. The van der Waals surface area contributed by atoms with Gasteiger partial charge in [0, 0.05) is 18.2 Å². The maximum atomic E-state index is 12.0. The zero-order valence-electron chi connectivity index (χ0n) is 13.2. The van der Waals surface area contributed by atoms with Crippen LogP contribution >= 0.6 is 0 Å². The second kappa shape index (κ2) is 7.86. The van der Waals surface area contributed by atoms with Gasteiger partial charge >= 0.3 is 0 Å². The fraction of sp³-hybridized carbons (Fsp3) is 0.462. The quantitative estimate of drug-likeness (QED) is 0.583. The molecule has 0 saturated carbocycles. The third-order valence-corrected chi connectivity index (χ3v) is 5.66. The van der Waals surface area contributed by atoms with E-state index in [0.29, 0.717) is 5.56 Å². The molecule has 0 saturated heterocycles. The van der Waals surface area contributed by atoms with E-state index < -0.39 is 20.0 Å². The van der Waals surface area contributed by atoms with Gasteiger partial charge in [-0.1, -0.05) is 0 Å². The van der Waals surface area contributed by atoms with Gasteiger partial charge in [0.15, 0.2) is 0 Å². The van der Waals surface area contributed by atoms with E-state index in [-0.39, 0.29) is 29.1 Å². The molecule has 0 aliphatic rings. The third-order valence-electron chi connectivity index (χ3n) is 2.82. The summed E-state index contributed by atoms with van der Waals surface area (Å²) in [6.07, 6.45) is 0. The maximum Gasteiger partial charge on any atom is 0.251 e. The van der Waals surface area contributed by atoms with E-state index in [4.69, 9.17) is 0 Å². The van der Waals surface area contributed by atoms with Gasteiger partial charge in [-0.05, 0) is 45.2 Å². The van der Waals surface area contributed by atoms with Crippen LogP contribution < -0.4 is 14.8 Å². The standard InChI is InChI=1S/C13H21N3O5S2/c1-10(2)16-13(17)11-4-6-12(7-5-11)23(20,21)15-8-9-22(18,19)14-3/h4-7,10,14-15H,8-9H2,1-3H3,(H,16,17). The Hall–Kier alpha value is -1.49. The monoisotopic (exact) mass is 363 g/mol. The van der Waals surface area contributed by atoms with Gasteiger partial charge in [-0.25, -0.2) is 26.3 Å². The summed E-state index contributed by atoms with van der Waals surface area (Å²) in [6.45, 7) is 3.39. The number of hydrogen-bond donors (Lipinski definition) is 3. The van der Waals surface area contributed by atoms with E-state index >= 15 is 0 Å². The van der Waals surface area contributed by atoms with E-state index in [2.05, 4.69) is 14.8 Å². The first-order chi connectivity index (χ1) is 10.6. The summed E-state index contributed by atoms with van der Waals surface area (Å²) < 4.78 is 50.8. The lowest BCUT2D eigenvalue weighted by atomic mass is 10.2. The Balaban J connectivity index is 2.76. The highest BCUT2D eigenvalue weighted by Gasteiger charge is 2.16. The summed E-state index contributed by atoms with van der Waals surface area (Å²) in [4.78, 5) is 11.7. The number of hydrogen-bond acceptors (Lipinski definition) is 5. The van der Waals surface area contributed by atoms with Crippen LogP contribution in [0.5, 0.6) is 0 Å². The van der Waals surface area contributed by atoms with Crippen molar-refractivity contribution in [3.63, 3.8) is 0 Å². The van der Waals surface area contributed by atoms with Crippen LogP contribution in [-0.4, -0.2) is 48.1 Å². The number of nitrogens with one attached hydrogen (secondary N) is 3. The average molecular weight is 363 g/mol. The van der Waals surface area contributed by atoms with Gasteiger partial charge in [-0.3, -0.25) is 4.79 Å². The van der Waals surface area contributed by atoms with Crippen molar-refractivity contribution in [3.05, 3.63) is 29.8 Å². The molecular formula is C13H21N3O5S2. The summed E-state index contributed by atoms with van der Waals surface area (Å²) in [5.74, 6) is -0.658. The molecule has 0 fully saturated rings. The molecule has 10 heteroatoms. The third kappa shape index (κ3) is 6.26. The van der Waals surface area contributed by atoms with Gasteiger partial charge in [-0.15, -0.1) is 0 Å². The minimum atomic E-state index is -3.83. The van der Waals surface area contributed by atoms with Crippen molar-refractivity contribution in [2.75, 3.05) is 19.3 Å². The molecule has 8 nitrogen and oxygen atoms in total. The number of carbonyl (C=O) groups excluding carboxylic acids is 1. The fourth-order valence-corrected chi connectivity index (χ4v) is 3.36. The van der Waals surface area contributed by atoms with E-state index in [9.17, 15) is 21.6 Å². The summed E-state index contributed by atoms with van der Waals surface area (Å²) in [6, 6.07) is 5.36. The Morgan fingerprint density at radius 1 is 1.09 bits per heavy atom.